The van der Waals surface area contributed by atoms with Gasteiger partial charge in [-0.3, -0.25) is 4.79 Å². The molecule has 0 unspecified atom stereocenters. The molecule has 0 bridgehead atoms. The van der Waals surface area contributed by atoms with Crippen molar-refractivity contribution in [3.8, 4) is 0 Å². The summed E-state index contributed by atoms with van der Waals surface area (Å²) < 4.78 is -0.412. The summed E-state index contributed by atoms with van der Waals surface area (Å²) in [6.45, 7) is 8.83. The van der Waals surface area contributed by atoms with Crippen LogP contribution in [-0.2, 0) is 0 Å². The lowest BCUT2D eigenvalue weighted by molar-refractivity contribution is 0.0915. The molecule has 0 radical (unpaired) electrons. The molecule has 0 spiro atoms. The Kier molecular flexibility index (Phi) is 6.68. The molecule has 0 fully saturated rings. The molecule has 2 heteroatoms. The smallest absolute Gasteiger partial charge is 0.179 e. The second kappa shape index (κ2) is 8.53. The van der Waals surface area contributed by atoms with Crippen molar-refractivity contribution < 1.29 is 4.79 Å². The van der Waals surface area contributed by atoms with Gasteiger partial charge in [0.2, 0.25) is 0 Å². The molecule has 0 atom stereocenters. The molecule has 0 aliphatic heterocycles. The van der Waals surface area contributed by atoms with Gasteiger partial charge in [-0.1, -0.05) is 76.2 Å². The van der Waals surface area contributed by atoms with E-state index in [-0.39, 0.29) is 5.78 Å². The van der Waals surface area contributed by atoms with Crippen LogP contribution in [0.5, 0.6) is 0 Å². The lowest BCUT2D eigenvalue weighted by Gasteiger charge is -2.35. The Bertz CT molecular complexity index is 622. The third-order valence-corrected chi connectivity index (χ3v) is 5.40. The van der Waals surface area contributed by atoms with E-state index in [9.17, 15) is 4.79 Å². The van der Waals surface area contributed by atoms with E-state index in [0.29, 0.717) is 11.8 Å². The van der Waals surface area contributed by atoms with Crippen molar-refractivity contribution in [1.29, 1.82) is 0 Å². The molecule has 1 nitrogen and oxygen atoms in total. The summed E-state index contributed by atoms with van der Waals surface area (Å²) in [7, 11) is 0. The van der Waals surface area contributed by atoms with E-state index in [1.807, 2.05) is 48.5 Å². The van der Waals surface area contributed by atoms with Crippen molar-refractivity contribution >= 4 is 17.5 Å². The maximum atomic E-state index is 13.5. The Morgan fingerprint density at radius 2 is 1.29 bits per heavy atom. The molecule has 128 valence electrons. The highest BCUT2D eigenvalue weighted by Gasteiger charge is 2.40. The van der Waals surface area contributed by atoms with Crippen molar-refractivity contribution in [2.24, 2.45) is 11.8 Å². The van der Waals surface area contributed by atoms with Gasteiger partial charge in [-0.05, 0) is 36.8 Å². The van der Waals surface area contributed by atoms with Gasteiger partial charge in [0.25, 0.3) is 0 Å². The average molecular weight is 341 g/mol. The Labute approximate surface area is 150 Å². The fourth-order valence-electron chi connectivity index (χ4n) is 3.28. The Balaban J connectivity index is 2.45. The number of Topliss-reactive ketones (excluding diaryl/α,β-unsaturated/α-hetero) is 1. The largest absolute Gasteiger partial charge is 0.293 e. The minimum absolute atomic E-state index is 0.263. The minimum atomic E-state index is -0.412. The predicted octanol–water partition coefficient (Wildman–Crippen LogP) is 6.49. The summed E-state index contributed by atoms with van der Waals surface area (Å²) in [6.07, 6.45) is 1.77. The normalized spacial score (nSPS) is 11.9. The van der Waals surface area contributed by atoms with E-state index >= 15 is 0 Å². The molecule has 0 heterocycles. The fourth-order valence-corrected chi connectivity index (χ4v) is 5.07. The summed E-state index contributed by atoms with van der Waals surface area (Å²) in [5.41, 5.74) is 0.822. The van der Waals surface area contributed by atoms with Crippen molar-refractivity contribution in [2.45, 2.75) is 50.2 Å². The molecule has 2 rings (SSSR count). The summed E-state index contributed by atoms with van der Waals surface area (Å²) in [6, 6.07) is 20.1. The quantitative estimate of drug-likeness (QED) is 0.403. The van der Waals surface area contributed by atoms with Gasteiger partial charge >= 0.3 is 0 Å². The third-order valence-electron chi connectivity index (χ3n) is 3.98. The van der Waals surface area contributed by atoms with Crippen LogP contribution in [0.2, 0.25) is 0 Å². The zero-order chi connectivity index (χ0) is 17.6. The fraction of sp³-hybridized carbons (Fsp3) is 0.409. The standard InChI is InChI=1S/C22H28OS/c1-17(2)15-22(16-18(3)4,24-20-13-9-6-10-14-20)21(23)19-11-7-5-8-12-19/h5-14,17-18H,15-16H2,1-4H3. The van der Waals surface area contributed by atoms with E-state index in [0.717, 1.165) is 18.4 Å². The predicted molar refractivity (Wildman–Crippen MR) is 105 cm³/mol. The Morgan fingerprint density at radius 3 is 1.75 bits per heavy atom. The lowest BCUT2D eigenvalue weighted by atomic mass is 9.83. The zero-order valence-corrected chi connectivity index (χ0v) is 16.0. The van der Waals surface area contributed by atoms with Crippen LogP contribution in [0.15, 0.2) is 65.6 Å². The van der Waals surface area contributed by atoms with Gasteiger partial charge in [-0.15, -0.1) is 11.8 Å². The number of hydrogen-bond acceptors (Lipinski definition) is 2. The summed E-state index contributed by atoms with van der Waals surface area (Å²) >= 11 is 1.75. The summed E-state index contributed by atoms with van der Waals surface area (Å²) in [5, 5.41) is 0. The van der Waals surface area contributed by atoms with Crippen LogP contribution in [0.4, 0.5) is 0 Å². The van der Waals surface area contributed by atoms with Crippen LogP contribution in [0.3, 0.4) is 0 Å². The zero-order valence-electron chi connectivity index (χ0n) is 15.2. The topological polar surface area (TPSA) is 17.1 Å². The van der Waals surface area contributed by atoms with Gasteiger partial charge in [0.05, 0.1) is 4.75 Å². The molecule has 0 aliphatic rings. The van der Waals surface area contributed by atoms with Crippen molar-refractivity contribution in [1.82, 2.24) is 0 Å². The van der Waals surface area contributed by atoms with Crippen molar-refractivity contribution in [3.05, 3.63) is 66.2 Å². The molecular weight excluding hydrogens is 312 g/mol. The molecule has 0 N–H and O–H groups in total. The molecule has 24 heavy (non-hydrogen) atoms. The number of hydrogen-bond donors (Lipinski definition) is 0. The van der Waals surface area contributed by atoms with E-state index in [1.54, 1.807) is 11.8 Å². The molecule has 0 saturated heterocycles. The third kappa shape index (κ3) is 4.98. The SMILES string of the molecule is CC(C)CC(CC(C)C)(Sc1ccccc1)C(=O)c1ccccc1. The second-order valence-corrected chi connectivity index (χ2v) is 8.76. The van der Waals surface area contributed by atoms with Crippen molar-refractivity contribution in [2.75, 3.05) is 0 Å². The van der Waals surface area contributed by atoms with Crippen LogP contribution >= 0.6 is 11.8 Å². The molecule has 2 aromatic rings. The highest BCUT2D eigenvalue weighted by molar-refractivity contribution is 8.01. The van der Waals surface area contributed by atoms with Crippen LogP contribution < -0.4 is 0 Å². The number of benzene rings is 2. The van der Waals surface area contributed by atoms with Crippen LogP contribution in [0.25, 0.3) is 0 Å². The van der Waals surface area contributed by atoms with Crippen molar-refractivity contribution in [3.63, 3.8) is 0 Å². The first-order chi connectivity index (χ1) is 11.4. The summed E-state index contributed by atoms with van der Waals surface area (Å²) in [5.74, 6) is 1.19. The molecule has 0 aromatic heterocycles. The summed E-state index contributed by atoms with van der Waals surface area (Å²) in [4.78, 5) is 14.7. The maximum Gasteiger partial charge on any atom is 0.179 e. The maximum absolute atomic E-state index is 13.5. The Morgan fingerprint density at radius 1 is 0.833 bits per heavy atom. The van der Waals surface area contributed by atoms with Gasteiger partial charge in [0.15, 0.2) is 5.78 Å². The molecule has 0 amide bonds. The lowest BCUT2D eigenvalue weighted by Crippen LogP contribution is -2.38. The van der Waals surface area contributed by atoms with Crippen LogP contribution in [-0.4, -0.2) is 10.5 Å². The van der Waals surface area contributed by atoms with E-state index < -0.39 is 4.75 Å². The Hall–Kier alpha value is -1.54. The number of thioether (sulfide) groups is 1. The van der Waals surface area contributed by atoms with Gasteiger partial charge in [0, 0.05) is 10.5 Å². The number of rotatable bonds is 8. The van der Waals surface area contributed by atoms with Gasteiger partial charge < -0.3 is 0 Å². The first-order valence-electron chi connectivity index (χ1n) is 8.77. The molecule has 2 aromatic carbocycles. The van der Waals surface area contributed by atoms with E-state index in [4.69, 9.17) is 0 Å². The highest BCUT2D eigenvalue weighted by Crippen LogP contribution is 2.44. The first kappa shape index (κ1) is 18.8. The molecule has 0 aliphatic carbocycles. The average Bonchev–Trinajstić information content (AvgIpc) is 2.54. The first-order valence-corrected chi connectivity index (χ1v) is 9.58. The number of carbonyl (C=O) groups is 1. The van der Waals surface area contributed by atoms with E-state index in [1.165, 1.54) is 4.90 Å². The van der Waals surface area contributed by atoms with Gasteiger partial charge in [0.1, 0.15) is 0 Å². The van der Waals surface area contributed by atoms with Gasteiger partial charge in [-0.25, -0.2) is 0 Å². The number of ketones is 1. The minimum Gasteiger partial charge on any atom is -0.293 e. The second-order valence-electron chi connectivity index (χ2n) is 7.30. The van der Waals surface area contributed by atoms with Gasteiger partial charge in [-0.2, -0.15) is 0 Å². The highest BCUT2D eigenvalue weighted by atomic mass is 32.2. The number of carbonyl (C=O) groups excluding carboxylic acids is 1. The molecular formula is C22H28OS. The monoisotopic (exact) mass is 340 g/mol. The van der Waals surface area contributed by atoms with Crippen LogP contribution in [0, 0.1) is 11.8 Å². The molecule has 0 saturated carbocycles. The van der Waals surface area contributed by atoms with E-state index in [2.05, 4.69) is 39.8 Å². The van der Waals surface area contributed by atoms with Crippen LogP contribution in [0.1, 0.15) is 50.9 Å².